The first-order chi connectivity index (χ1) is 8.95. The minimum Gasteiger partial charge on any atom is -0.491 e. The molecule has 0 heterocycles. The molecule has 0 aliphatic rings. The van der Waals surface area contributed by atoms with Crippen molar-refractivity contribution in [2.24, 2.45) is 0 Å². The minimum absolute atomic E-state index is 0.00909. The number of nitrogens with two attached hydrogens (primary N) is 1. The largest absolute Gasteiger partial charge is 0.491 e. The molecule has 0 unspecified atom stereocenters. The number of ether oxygens (including phenoxy) is 1. The van der Waals surface area contributed by atoms with E-state index < -0.39 is 11.7 Å². The standard InChI is InChI=1S/C13H18F3NO2/c14-13(15,16)10-5-6-12(11(17)9-10)19-8-4-2-1-3-7-18/h5-6,9,18H,1-4,7-8,17H2. The lowest BCUT2D eigenvalue weighted by molar-refractivity contribution is -0.137. The van der Waals surface area contributed by atoms with Crippen molar-refractivity contribution in [1.29, 1.82) is 0 Å². The molecule has 3 N–H and O–H groups in total. The molecule has 0 atom stereocenters. The van der Waals surface area contributed by atoms with E-state index in [1.165, 1.54) is 6.07 Å². The summed E-state index contributed by atoms with van der Waals surface area (Å²) in [7, 11) is 0. The Labute approximate surface area is 110 Å². The maximum Gasteiger partial charge on any atom is 0.416 e. The van der Waals surface area contributed by atoms with E-state index in [1.54, 1.807) is 0 Å². The number of aliphatic hydroxyl groups is 1. The summed E-state index contributed by atoms with van der Waals surface area (Å²) in [6.45, 7) is 0.577. The van der Waals surface area contributed by atoms with Gasteiger partial charge >= 0.3 is 6.18 Å². The smallest absolute Gasteiger partial charge is 0.416 e. The van der Waals surface area contributed by atoms with Crippen molar-refractivity contribution in [3.63, 3.8) is 0 Å². The highest BCUT2D eigenvalue weighted by Gasteiger charge is 2.30. The van der Waals surface area contributed by atoms with Gasteiger partial charge < -0.3 is 15.6 Å². The van der Waals surface area contributed by atoms with E-state index in [0.29, 0.717) is 6.61 Å². The second kappa shape index (κ2) is 7.23. The number of hydrogen-bond donors (Lipinski definition) is 2. The van der Waals surface area contributed by atoms with Gasteiger partial charge in [-0.2, -0.15) is 13.2 Å². The molecule has 3 nitrogen and oxygen atoms in total. The van der Waals surface area contributed by atoms with Crippen LogP contribution >= 0.6 is 0 Å². The third-order valence-corrected chi connectivity index (χ3v) is 2.65. The molecule has 0 amide bonds. The Balaban J connectivity index is 2.43. The highest BCUT2D eigenvalue weighted by molar-refractivity contribution is 5.54. The molecular formula is C13H18F3NO2. The van der Waals surface area contributed by atoms with Crippen LogP contribution in [0, 0.1) is 0 Å². The van der Waals surface area contributed by atoms with E-state index in [9.17, 15) is 13.2 Å². The van der Waals surface area contributed by atoms with E-state index in [2.05, 4.69) is 0 Å². The number of rotatable bonds is 7. The Morgan fingerprint density at radius 2 is 1.79 bits per heavy atom. The summed E-state index contributed by atoms with van der Waals surface area (Å²) < 4.78 is 42.6. The average molecular weight is 277 g/mol. The molecule has 19 heavy (non-hydrogen) atoms. The van der Waals surface area contributed by atoms with Crippen LogP contribution < -0.4 is 10.5 Å². The summed E-state index contributed by atoms with van der Waals surface area (Å²) in [5.41, 5.74) is 4.74. The maximum atomic E-state index is 12.4. The normalized spacial score (nSPS) is 11.6. The van der Waals surface area contributed by atoms with Gasteiger partial charge in [-0.15, -0.1) is 0 Å². The molecule has 1 rings (SSSR count). The highest BCUT2D eigenvalue weighted by Crippen LogP contribution is 2.33. The number of hydrogen-bond acceptors (Lipinski definition) is 3. The van der Waals surface area contributed by atoms with Crippen molar-refractivity contribution < 1.29 is 23.0 Å². The molecule has 0 bridgehead atoms. The zero-order valence-electron chi connectivity index (χ0n) is 10.5. The van der Waals surface area contributed by atoms with Crippen LogP contribution in [0.15, 0.2) is 18.2 Å². The fourth-order valence-electron chi connectivity index (χ4n) is 1.61. The Kier molecular flexibility index (Phi) is 5.95. The van der Waals surface area contributed by atoms with Crippen molar-refractivity contribution in [1.82, 2.24) is 0 Å². The van der Waals surface area contributed by atoms with Crippen LogP contribution in [-0.2, 0) is 6.18 Å². The molecule has 6 heteroatoms. The maximum absolute atomic E-state index is 12.4. The van der Waals surface area contributed by atoms with E-state index in [-0.39, 0.29) is 18.0 Å². The zero-order chi connectivity index (χ0) is 14.3. The third kappa shape index (κ3) is 5.38. The van der Waals surface area contributed by atoms with E-state index >= 15 is 0 Å². The van der Waals surface area contributed by atoms with E-state index in [1.807, 2.05) is 0 Å². The average Bonchev–Trinajstić information content (AvgIpc) is 2.34. The first kappa shape index (κ1) is 15.6. The third-order valence-electron chi connectivity index (χ3n) is 2.65. The summed E-state index contributed by atoms with van der Waals surface area (Å²) in [4.78, 5) is 0. The Hall–Kier alpha value is -1.43. The van der Waals surface area contributed by atoms with Gasteiger partial charge in [-0.05, 0) is 37.5 Å². The van der Waals surface area contributed by atoms with Gasteiger partial charge in [-0.3, -0.25) is 0 Å². The predicted octanol–water partition coefficient (Wildman–Crippen LogP) is 3.22. The molecule has 0 fully saturated rings. The monoisotopic (exact) mass is 277 g/mol. The SMILES string of the molecule is Nc1cc(C(F)(F)F)ccc1OCCCCCCO. The first-order valence-electron chi connectivity index (χ1n) is 6.15. The van der Waals surface area contributed by atoms with Crippen LogP contribution in [0.3, 0.4) is 0 Å². The lowest BCUT2D eigenvalue weighted by Gasteiger charge is -2.12. The number of benzene rings is 1. The summed E-state index contributed by atoms with van der Waals surface area (Å²) >= 11 is 0. The number of aliphatic hydroxyl groups excluding tert-OH is 1. The fourth-order valence-corrected chi connectivity index (χ4v) is 1.61. The Morgan fingerprint density at radius 1 is 1.11 bits per heavy atom. The second-order valence-electron chi connectivity index (χ2n) is 4.24. The topological polar surface area (TPSA) is 55.5 Å². The summed E-state index contributed by atoms with van der Waals surface area (Å²) in [6.07, 6.45) is -1.05. The van der Waals surface area contributed by atoms with E-state index in [0.717, 1.165) is 37.8 Å². The van der Waals surface area contributed by atoms with Crippen LogP contribution in [0.1, 0.15) is 31.2 Å². The van der Waals surface area contributed by atoms with Gasteiger partial charge in [0.2, 0.25) is 0 Å². The van der Waals surface area contributed by atoms with Crippen LogP contribution in [0.2, 0.25) is 0 Å². The minimum atomic E-state index is -4.39. The van der Waals surface area contributed by atoms with Crippen LogP contribution in [0.4, 0.5) is 18.9 Å². The lowest BCUT2D eigenvalue weighted by atomic mass is 10.2. The highest BCUT2D eigenvalue weighted by atomic mass is 19.4. The molecule has 1 aromatic rings. The van der Waals surface area contributed by atoms with Crippen molar-refractivity contribution >= 4 is 5.69 Å². The van der Waals surface area contributed by atoms with E-state index in [4.69, 9.17) is 15.6 Å². The van der Waals surface area contributed by atoms with Crippen LogP contribution in [0.5, 0.6) is 5.75 Å². The van der Waals surface area contributed by atoms with Crippen molar-refractivity contribution in [2.45, 2.75) is 31.9 Å². The van der Waals surface area contributed by atoms with Crippen molar-refractivity contribution in [3.05, 3.63) is 23.8 Å². The van der Waals surface area contributed by atoms with Gasteiger partial charge in [0.1, 0.15) is 5.75 Å². The quantitative estimate of drug-likeness (QED) is 0.594. The fraction of sp³-hybridized carbons (Fsp3) is 0.538. The molecule has 0 aromatic heterocycles. The Morgan fingerprint density at radius 3 is 2.37 bits per heavy atom. The number of unbranched alkanes of at least 4 members (excludes halogenated alkanes) is 3. The predicted molar refractivity (Wildman–Crippen MR) is 66.9 cm³/mol. The lowest BCUT2D eigenvalue weighted by Crippen LogP contribution is -2.07. The number of alkyl halides is 3. The first-order valence-corrected chi connectivity index (χ1v) is 6.15. The molecule has 0 saturated carbocycles. The summed E-state index contributed by atoms with van der Waals surface area (Å²) in [6, 6.07) is 3.07. The Bertz CT molecular complexity index is 394. The summed E-state index contributed by atoms with van der Waals surface area (Å²) in [5, 5.41) is 8.59. The number of anilines is 1. The van der Waals surface area contributed by atoms with Crippen LogP contribution in [-0.4, -0.2) is 18.3 Å². The van der Waals surface area contributed by atoms with Crippen molar-refractivity contribution in [2.75, 3.05) is 18.9 Å². The molecular weight excluding hydrogens is 259 g/mol. The van der Waals surface area contributed by atoms with Gasteiger partial charge in [0.15, 0.2) is 0 Å². The molecule has 108 valence electrons. The molecule has 0 radical (unpaired) electrons. The zero-order valence-corrected chi connectivity index (χ0v) is 10.5. The molecule has 0 spiro atoms. The number of nitrogen functional groups attached to an aromatic ring is 1. The van der Waals surface area contributed by atoms with Gasteiger partial charge in [0.25, 0.3) is 0 Å². The molecule has 0 aliphatic carbocycles. The van der Waals surface area contributed by atoms with Gasteiger partial charge in [-0.1, -0.05) is 6.42 Å². The molecule has 1 aromatic carbocycles. The summed E-state index contributed by atoms with van der Waals surface area (Å²) in [5.74, 6) is 0.273. The second-order valence-corrected chi connectivity index (χ2v) is 4.24. The van der Waals surface area contributed by atoms with Gasteiger partial charge in [0.05, 0.1) is 17.9 Å². The number of halogens is 3. The van der Waals surface area contributed by atoms with Crippen LogP contribution in [0.25, 0.3) is 0 Å². The van der Waals surface area contributed by atoms with Gasteiger partial charge in [0, 0.05) is 6.61 Å². The molecule has 0 saturated heterocycles. The van der Waals surface area contributed by atoms with Crippen molar-refractivity contribution in [3.8, 4) is 5.75 Å². The van der Waals surface area contributed by atoms with Gasteiger partial charge in [-0.25, -0.2) is 0 Å². The molecule has 0 aliphatic heterocycles.